The van der Waals surface area contributed by atoms with Crippen molar-refractivity contribution in [3.63, 3.8) is 0 Å². The van der Waals surface area contributed by atoms with Crippen molar-refractivity contribution in [2.75, 3.05) is 44.4 Å². The monoisotopic (exact) mass is 437 g/mol. The van der Waals surface area contributed by atoms with Crippen molar-refractivity contribution in [3.05, 3.63) is 30.3 Å². The van der Waals surface area contributed by atoms with E-state index in [0.717, 1.165) is 12.1 Å². The molecule has 1 aromatic rings. The van der Waals surface area contributed by atoms with Crippen molar-refractivity contribution in [3.8, 4) is 0 Å². The molecule has 1 spiro atoms. The molecule has 12 heteroatoms. The van der Waals surface area contributed by atoms with E-state index in [1.54, 1.807) is 4.90 Å². The Kier molecular flexibility index (Phi) is 6.60. The molecule has 0 aliphatic carbocycles. The molecule has 29 heavy (non-hydrogen) atoms. The van der Waals surface area contributed by atoms with Crippen molar-refractivity contribution >= 4 is 27.6 Å². The summed E-state index contributed by atoms with van der Waals surface area (Å²) in [5.74, 6) is -2.70. The van der Waals surface area contributed by atoms with Gasteiger partial charge in [-0.25, -0.2) is 17.5 Å². The van der Waals surface area contributed by atoms with Crippen LogP contribution in [0.4, 0.5) is 18.9 Å². The van der Waals surface area contributed by atoms with Crippen LogP contribution in [0, 0.1) is 0 Å². The lowest BCUT2D eigenvalue weighted by Gasteiger charge is -2.46. The van der Waals surface area contributed by atoms with E-state index < -0.39 is 22.2 Å². The third-order valence-electron chi connectivity index (χ3n) is 5.01. The first-order valence-electron chi connectivity index (χ1n) is 8.58. The summed E-state index contributed by atoms with van der Waals surface area (Å²) in [6, 6.07) is 9.57. The average Bonchev–Trinajstić information content (AvgIpc) is 3.05. The lowest BCUT2D eigenvalue weighted by molar-refractivity contribution is -0.192. The van der Waals surface area contributed by atoms with Crippen LogP contribution in [-0.2, 0) is 19.6 Å². The Bertz CT molecular complexity index is 863. The number of piperazine rings is 1. The maximum absolute atomic E-state index is 12.4. The SMILES string of the molecule is CN1CC(=O)N(c2ccccc2)CC12CCN(S(C)(=O)=O)C2.O=C(O)C(F)(F)F. The van der Waals surface area contributed by atoms with Gasteiger partial charge in [-0.3, -0.25) is 9.69 Å². The van der Waals surface area contributed by atoms with Crippen LogP contribution in [0.1, 0.15) is 6.42 Å². The molecule has 2 saturated heterocycles. The molecule has 8 nitrogen and oxygen atoms in total. The van der Waals surface area contributed by atoms with Gasteiger partial charge in [0.1, 0.15) is 0 Å². The molecule has 1 amide bonds. The summed E-state index contributed by atoms with van der Waals surface area (Å²) in [4.78, 5) is 25.1. The number of aliphatic carboxylic acids is 1. The zero-order valence-electron chi connectivity index (χ0n) is 15.9. The highest BCUT2D eigenvalue weighted by Gasteiger charge is 2.49. The summed E-state index contributed by atoms with van der Waals surface area (Å²) in [6.07, 6.45) is -3.10. The van der Waals surface area contributed by atoms with Gasteiger partial charge in [-0.15, -0.1) is 0 Å². The van der Waals surface area contributed by atoms with Crippen LogP contribution in [0.3, 0.4) is 0 Å². The standard InChI is InChI=1S/C15H21N3O3S.C2HF3O2/c1-16-10-14(19)18(13-6-4-3-5-7-13)12-15(16)8-9-17(11-15)22(2,20)21;3-2(4,5)1(6)7/h3-7H,8-12H2,1-2H3;(H,6,7). The maximum atomic E-state index is 12.4. The molecule has 0 bridgehead atoms. The lowest BCUT2D eigenvalue weighted by Crippen LogP contribution is -2.64. The van der Waals surface area contributed by atoms with E-state index in [2.05, 4.69) is 0 Å². The van der Waals surface area contributed by atoms with Crippen LogP contribution in [0.25, 0.3) is 0 Å². The molecule has 1 aromatic carbocycles. The molecule has 3 rings (SSSR count). The van der Waals surface area contributed by atoms with Crippen molar-refractivity contribution in [1.29, 1.82) is 0 Å². The highest BCUT2D eigenvalue weighted by molar-refractivity contribution is 7.88. The first-order valence-corrected chi connectivity index (χ1v) is 10.4. The predicted molar refractivity (Wildman–Crippen MR) is 98.9 cm³/mol. The predicted octanol–water partition coefficient (Wildman–Crippen LogP) is 1.00. The number of halogens is 3. The Hall–Kier alpha value is -2.18. The van der Waals surface area contributed by atoms with Crippen molar-refractivity contribution < 1.29 is 36.3 Å². The number of sulfonamides is 1. The molecule has 2 heterocycles. The zero-order valence-corrected chi connectivity index (χ0v) is 16.7. The van der Waals surface area contributed by atoms with Crippen molar-refractivity contribution in [2.24, 2.45) is 0 Å². The number of para-hydroxylation sites is 1. The molecule has 0 aromatic heterocycles. The first kappa shape index (κ1) is 23.1. The van der Waals surface area contributed by atoms with Crippen LogP contribution in [-0.4, -0.2) is 85.8 Å². The summed E-state index contributed by atoms with van der Waals surface area (Å²) in [6.45, 7) is 1.80. The summed E-state index contributed by atoms with van der Waals surface area (Å²) in [5, 5.41) is 7.12. The fourth-order valence-corrected chi connectivity index (χ4v) is 4.24. The van der Waals surface area contributed by atoms with E-state index in [0.29, 0.717) is 26.2 Å². The van der Waals surface area contributed by atoms with Gasteiger partial charge in [0.05, 0.1) is 18.3 Å². The Morgan fingerprint density at radius 1 is 1.17 bits per heavy atom. The number of carboxylic acid groups (broad SMARTS) is 1. The number of benzene rings is 1. The third kappa shape index (κ3) is 5.46. The number of alkyl halides is 3. The summed E-state index contributed by atoms with van der Waals surface area (Å²) >= 11 is 0. The van der Waals surface area contributed by atoms with Gasteiger partial charge in [-0.2, -0.15) is 13.2 Å². The summed E-state index contributed by atoms with van der Waals surface area (Å²) in [5.41, 5.74) is 0.574. The molecule has 0 radical (unpaired) electrons. The first-order chi connectivity index (χ1) is 13.3. The van der Waals surface area contributed by atoms with Crippen LogP contribution in [0.15, 0.2) is 30.3 Å². The molecule has 1 N–H and O–H groups in total. The molecule has 1 unspecified atom stereocenters. The normalized spacial score (nSPS) is 23.8. The Morgan fingerprint density at radius 2 is 1.72 bits per heavy atom. The number of nitrogens with zero attached hydrogens (tertiary/aromatic N) is 3. The minimum atomic E-state index is -5.08. The van der Waals surface area contributed by atoms with Crippen LogP contribution >= 0.6 is 0 Å². The third-order valence-corrected chi connectivity index (χ3v) is 6.26. The molecule has 2 aliphatic heterocycles. The number of carbonyl (C=O) groups excluding carboxylic acids is 1. The minimum Gasteiger partial charge on any atom is -0.475 e. The lowest BCUT2D eigenvalue weighted by atomic mass is 9.92. The quantitative estimate of drug-likeness (QED) is 0.742. The fraction of sp³-hybridized carbons (Fsp3) is 0.529. The maximum Gasteiger partial charge on any atom is 0.490 e. The summed E-state index contributed by atoms with van der Waals surface area (Å²) in [7, 11) is -1.29. The van der Waals surface area contributed by atoms with Gasteiger partial charge in [0.2, 0.25) is 15.9 Å². The number of carbonyl (C=O) groups is 2. The number of hydrogen-bond donors (Lipinski definition) is 1. The number of hydrogen-bond acceptors (Lipinski definition) is 5. The van der Waals surface area contributed by atoms with Gasteiger partial charge < -0.3 is 10.0 Å². The molecule has 0 saturated carbocycles. The Morgan fingerprint density at radius 3 is 2.17 bits per heavy atom. The smallest absolute Gasteiger partial charge is 0.475 e. The second kappa shape index (κ2) is 8.28. The minimum absolute atomic E-state index is 0.0529. The molecular formula is C17H22F3N3O5S. The van der Waals surface area contributed by atoms with Crippen molar-refractivity contribution in [2.45, 2.75) is 18.1 Å². The van der Waals surface area contributed by atoms with Crippen LogP contribution in [0.5, 0.6) is 0 Å². The summed E-state index contributed by atoms with van der Waals surface area (Å²) < 4.78 is 56.9. The molecule has 2 aliphatic rings. The second-order valence-electron chi connectivity index (χ2n) is 7.05. The largest absolute Gasteiger partial charge is 0.490 e. The number of amides is 1. The topological polar surface area (TPSA) is 98.2 Å². The van der Waals surface area contributed by atoms with E-state index in [1.807, 2.05) is 42.3 Å². The van der Waals surface area contributed by atoms with Crippen molar-refractivity contribution in [1.82, 2.24) is 9.21 Å². The zero-order chi connectivity index (χ0) is 22.0. The molecular weight excluding hydrogens is 415 g/mol. The molecule has 162 valence electrons. The van der Waals surface area contributed by atoms with E-state index >= 15 is 0 Å². The number of likely N-dealkylation sites (N-methyl/N-ethyl adjacent to an activating group) is 1. The van der Waals surface area contributed by atoms with Gasteiger partial charge in [0.25, 0.3) is 0 Å². The fourth-order valence-electron chi connectivity index (χ4n) is 3.35. The van der Waals surface area contributed by atoms with Crippen LogP contribution < -0.4 is 4.90 Å². The Labute approximate surface area is 166 Å². The molecule has 1 atom stereocenters. The van der Waals surface area contributed by atoms with Gasteiger partial charge in [-0.05, 0) is 25.6 Å². The van der Waals surface area contributed by atoms with E-state index in [9.17, 15) is 26.4 Å². The van der Waals surface area contributed by atoms with Gasteiger partial charge in [0, 0.05) is 25.3 Å². The number of anilines is 1. The highest BCUT2D eigenvalue weighted by Crippen LogP contribution is 2.34. The average molecular weight is 437 g/mol. The number of carboxylic acids is 1. The number of rotatable bonds is 2. The molecule has 2 fully saturated rings. The van der Waals surface area contributed by atoms with Gasteiger partial charge in [0.15, 0.2) is 0 Å². The van der Waals surface area contributed by atoms with Gasteiger partial charge >= 0.3 is 12.1 Å². The second-order valence-corrected chi connectivity index (χ2v) is 9.03. The van der Waals surface area contributed by atoms with E-state index in [1.165, 1.54) is 10.6 Å². The van der Waals surface area contributed by atoms with Gasteiger partial charge in [-0.1, -0.05) is 18.2 Å². The van der Waals surface area contributed by atoms with Crippen LogP contribution in [0.2, 0.25) is 0 Å². The highest BCUT2D eigenvalue weighted by atomic mass is 32.2. The van der Waals surface area contributed by atoms with E-state index in [4.69, 9.17) is 9.90 Å². The van der Waals surface area contributed by atoms with E-state index in [-0.39, 0.29) is 11.4 Å². The Balaban J connectivity index is 0.000000370.